The first-order valence-corrected chi connectivity index (χ1v) is 7.17. The lowest BCUT2D eigenvalue weighted by molar-refractivity contribution is -0.137. The summed E-state index contributed by atoms with van der Waals surface area (Å²) in [5, 5.41) is 8.56. The molecule has 0 heterocycles. The van der Waals surface area contributed by atoms with Crippen LogP contribution in [0, 0.1) is 0 Å². The molecule has 1 N–H and O–H groups in total. The van der Waals surface area contributed by atoms with Gasteiger partial charge in [0.15, 0.2) is 5.78 Å². The number of benzene rings is 2. The molecule has 0 aromatic heterocycles. The zero-order chi connectivity index (χ0) is 15.8. The van der Waals surface area contributed by atoms with Crippen LogP contribution in [0.1, 0.15) is 35.2 Å². The van der Waals surface area contributed by atoms with E-state index in [1.807, 2.05) is 30.3 Å². The van der Waals surface area contributed by atoms with E-state index in [1.54, 1.807) is 24.3 Å². The quantitative estimate of drug-likeness (QED) is 0.755. The lowest BCUT2D eigenvalue weighted by Crippen LogP contribution is -2.02. The van der Waals surface area contributed by atoms with Gasteiger partial charge in [-0.25, -0.2) is 0 Å². The summed E-state index contributed by atoms with van der Waals surface area (Å²) in [5.74, 6) is -0.223. The number of Topliss-reactive ketones (excluding diaryl/α,β-unsaturated/α-hetero) is 1. The van der Waals surface area contributed by atoms with Crippen molar-refractivity contribution in [2.24, 2.45) is 0 Å². The summed E-state index contributed by atoms with van der Waals surface area (Å²) in [4.78, 5) is 22.3. The largest absolute Gasteiger partial charge is 0.489 e. The smallest absolute Gasteiger partial charge is 0.303 e. The van der Waals surface area contributed by atoms with Crippen LogP contribution >= 0.6 is 0 Å². The Morgan fingerprint density at radius 3 is 2.23 bits per heavy atom. The molecule has 0 aliphatic carbocycles. The van der Waals surface area contributed by atoms with Gasteiger partial charge in [0.2, 0.25) is 0 Å². The number of ether oxygens (including phenoxy) is 1. The lowest BCUT2D eigenvalue weighted by atomic mass is 10.1. The van der Waals surface area contributed by atoms with Gasteiger partial charge in [-0.05, 0) is 36.2 Å². The third-order valence-electron chi connectivity index (χ3n) is 3.22. The molecule has 0 aliphatic heterocycles. The SMILES string of the molecule is O=C(O)CCCC(=O)c1ccc(OCc2ccccc2)cc1. The molecule has 0 amide bonds. The van der Waals surface area contributed by atoms with E-state index in [4.69, 9.17) is 9.84 Å². The second-order valence-electron chi connectivity index (χ2n) is 4.97. The van der Waals surface area contributed by atoms with Crippen molar-refractivity contribution in [3.05, 3.63) is 65.7 Å². The Balaban J connectivity index is 1.84. The number of ketones is 1. The number of carboxylic acids is 1. The molecule has 2 aromatic carbocycles. The molecule has 4 nitrogen and oxygen atoms in total. The molecule has 0 aliphatic rings. The molecule has 2 aromatic rings. The van der Waals surface area contributed by atoms with Crippen LogP contribution in [0.3, 0.4) is 0 Å². The molecule has 0 radical (unpaired) electrons. The van der Waals surface area contributed by atoms with E-state index in [9.17, 15) is 9.59 Å². The molecule has 2 rings (SSSR count). The van der Waals surface area contributed by atoms with Gasteiger partial charge in [-0.1, -0.05) is 30.3 Å². The van der Waals surface area contributed by atoms with Crippen molar-refractivity contribution in [1.82, 2.24) is 0 Å². The zero-order valence-electron chi connectivity index (χ0n) is 12.2. The zero-order valence-corrected chi connectivity index (χ0v) is 12.2. The third kappa shape index (κ3) is 5.05. The number of rotatable bonds is 8. The fourth-order valence-corrected chi connectivity index (χ4v) is 2.02. The van der Waals surface area contributed by atoms with Gasteiger partial charge < -0.3 is 9.84 Å². The summed E-state index contributed by atoms with van der Waals surface area (Å²) in [5.41, 5.74) is 1.66. The van der Waals surface area contributed by atoms with E-state index >= 15 is 0 Å². The summed E-state index contributed by atoms with van der Waals surface area (Å²) >= 11 is 0. The minimum absolute atomic E-state index is 0.0179. The first-order valence-electron chi connectivity index (χ1n) is 7.17. The number of carbonyl (C=O) groups excluding carboxylic acids is 1. The standard InChI is InChI=1S/C18H18O4/c19-17(7-4-8-18(20)21)15-9-11-16(12-10-15)22-13-14-5-2-1-3-6-14/h1-3,5-6,9-12H,4,7-8,13H2,(H,20,21). The second-order valence-corrected chi connectivity index (χ2v) is 4.97. The fourth-order valence-electron chi connectivity index (χ4n) is 2.02. The minimum Gasteiger partial charge on any atom is -0.489 e. The Kier molecular flexibility index (Phi) is 5.72. The summed E-state index contributed by atoms with van der Waals surface area (Å²) in [6, 6.07) is 16.8. The van der Waals surface area contributed by atoms with E-state index in [-0.39, 0.29) is 18.6 Å². The second kappa shape index (κ2) is 7.98. The molecular weight excluding hydrogens is 280 g/mol. The highest BCUT2D eigenvalue weighted by molar-refractivity contribution is 5.96. The molecule has 22 heavy (non-hydrogen) atoms. The van der Waals surface area contributed by atoms with Gasteiger partial charge in [-0.2, -0.15) is 0 Å². The number of carbonyl (C=O) groups is 2. The third-order valence-corrected chi connectivity index (χ3v) is 3.22. The summed E-state index contributed by atoms with van der Waals surface area (Å²) in [7, 11) is 0. The molecule has 0 saturated carbocycles. The Morgan fingerprint density at radius 1 is 0.909 bits per heavy atom. The van der Waals surface area contributed by atoms with Crippen molar-refractivity contribution in [1.29, 1.82) is 0 Å². The van der Waals surface area contributed by atoms with E-state index in [2.05, 4.69) is 0 Å². The van der Waals surface area contributed by atoms with E-state index in [0.717, 1.165) is 5.56 Å². The van der Waals surface area contributed by atoms with Crippen LogP contribution in [-0.4, -0.2) is 16.9 Å². The van der Waals surface area contributed by atoms with Crippen molar-refractivity contribution in [2.75, 3.05) is 0 Å². The van der Waals surface area contributed by atoms with E-state index < -0.39 is 5.97 Å². The van der Waals surface area contributed by atoms with Crippen LogP contribution in [0.4, 0.5) is 0 Å². The Morgan fingerprint density at radius 2 is 1.59 bits per heavy atom. The highest BCUT2D eigenvalue weighted by atomic mass is 16.5. The summed E-state index contributed by atoms with van der Waals surface area (Å²) in [6.07, 6.45) is 0.626. The molecule has 114 valence electrons. The average Bonchev–Trinajstić information content (AvgIpc) is 2.54. The molecule has 0 spiro atoms. The summed E-state index contributed by atoms with van der Waals surface area (Å²) in [6.45, 7) is 0.479. The molecular formula is C18H18O4. The van der Waals surface area contributed by atoms with Gasteiger partial charge in [-0.3, -0.25) is 9.59 Å². The average molecular weight is 298 g/mol. The monoisotopic (exact) mass is 298 g/mol. The number of aliphatic carboxylic acids is 1. The van der Waals surface area contributed by atoms with Gasteiger partial charge in [0.25, 0.3) is 0 Å². The fraction of sp³-hybridized carbons (Fsp3) is 0.222. The van der Waals surface area contributed by atoms with Gasteiger partial charge in [-0.15, -0.1) is 0 Å². The van der Waals surface area contributed by atoms with Crippen molar-refractivity contribution in [3.8, 4) is 5.75 Å². The predicted molar refractivity (Wildman–Crippen MR) is 83.0 cm³/mol. The number of hydrogen-bond donors (Lipinski definition) is 1. The number of hydrogen-bond acceptors (Lipinski definition) is 3. The van der Waals surface area contributed by atoms with Crippen molar-refractivity contribution < 1.29 is 19.4 Å². The topological polar surface area (TPSA) is 63.6 Å². The molecule has 0 fully saturated rings. The van der Waals surface area contributed by atoms with Gasteiger partial charge in [0.05, 0.1) is 0 Å². The highest BCUT2D eigenvalue weighted by Gasteiger charge is 2.07. The summed E-state index contributed by atoms with van der Waals surface area (Å²) < 4.78 is 5.65. The van der Waals surface area contributed by atoms with Gasteiger partial charge in [0.1, 0.15) is 12.4 Å². The van der Waals surface area contributed by atoms with Crippen LogP contribution in [0.25, 0.3) is 0 Å². The molecule has 0 saturated heterocycles. The lowest BCUT2D eigenvalue weighted by Gasteiger charge is -2.07. The molecule has 4 heteroatoms. The molecule has 0 unspecified atom stereocenters. The predicted octanol–water partition coefficient (Wildman–Crippen LogP) is 3.70. The maximum Gasteiger partial charge on any atom is 0.303 e. The maximum absolute atomic E-state index is 11.9. The van der Waals surface area contributed by atoms with Crippen LogP contribution in [0.15, 0.2) is 54.6 Å². The normalized spacial score (nSPS) is 10.2. The van der Waals surface area contributed by atoms with Gasteiger partial charge >= 0.3 is 5.97 Å². The Bertz CT molecular complexity index is 617. The Labute approximate surface area is 129 Å². The Hall–Kier alpha value is -2.62. The van der Waals surface area contributed by atoms with Crippen LogP contribution in [-0.2, 0) is 11.4 Å². The first-order chi connectivity index (χ1) is 10.6. The van der Waals surface area contributed by atoms with Gasteiger partial charge in [0, 0.05) is 18.4 Å². The number of carboxylic acid groups (broad SMARTS) is 1. The van der Waals surface area contributed by atoms with Crippen LogP contribution in [0.5, 0.6) is 5.75 Å². The molecule has 0 bridgehead atoms. The van der Waals surface area contributed by atoms with Crippen molar-refractivity contribution >= 4 is 11.8 Å². The van der Waals surface area contributed by atoms with E-state index in [1.165, 1.54) is 0 Å². The van der Waals surface area contributed by atoms with Crippen molar-refractivity contribution in [2.45, 2.75) is 25.9 Å². The van der Waals surface area contributed by atoms with E-state index in [0.29, 0.717) is 24.3 Å². The maximum atomic E-state index is 11.9. The van der Waals surface area contributed by atoms with Crippen molar-refractivity contribution in [3.63, 3.8) is 0 Å². The molecule has 0 atom stereocenters. The highest BCUT2D eigenvalue weighted by Crippen LogP contribution is 2.16. The minimum atomic E-state index is -0.877. The first kappa shape index (κ1) is 15.8. The van der Waals surface area contributed by atoms with Crippen LogP contribution in [0.2, 0.25) is 0 Å². The van der Waals surface area contributed by atoms with Crippen LogP contribution < -0.4 is 4.74 Å².